The zero-order valence-electron chi connectivity index (χ0n) is 11.2. The van der Waals surface area contributed by atoms with Crippen LogP contribution < -0.4 is 5.32 Å². The minimum absolute atomic E-state index is 0.0292. The standard InChI is InChI=1S/C14H20ClN3O/c1-2-7-17-8-10-18(11-9-17)14(19)16-13-5-3-12(15)4-6-13/h3-6H,2,7-11H2,1H3,(H,16,19). The van der Waals surface area contributed by atoms with Crippen LogP contribution in [0.5, 0.6) is 0 Å². The Balaban J connectivity index is 1.83. The predicted octanol–water partition coefficient (Wildman–Crippen LogP) is 2.90. The van der Waals surface area contributed by atoms with E-state index in [4.69, 9.17) is 11.6 Å². The third kappa shape index (κ3) is 4.11. The van der Waals surface area contributed by atoms with Crippen LogP contribution in [0.3, 0.4) is 0 Å². The van der Waals surface area contributed by atoms with Gasteiger partial charge in [0.15, 0.2) is 0 Å². The molecule has 2 amide bonds. The first-order chi connectivity index (χ1) is 9.19. The van der Waals surface area contributed by atoms with Crippen molar-refractivity contribution in [1.29, 1.82) is 0 Å². The van der Waals surface area contributed by atoms with Gasteiger partial charge < -0.3 is 10.2 Å². The number of carbonyl (C=O) groups excluding carboxylic acids is 1. The average Bonchev–Trinajstić information content (AvgIpc) is 2.42. The van der Waals surface area contributed by atoms with Crippen molar-refractivity contribution in [3.63, 3.8) is 0 Å². The lowest BCUT2D eigenvalue weighted by Crippen LogP contribution is -2.50. The molecule has 0 atom stereocenters. The highest BCUT2D eigenvalue weighted by Gasteiger charge is 2.20. The molecule has 0 saturated carbocycles. The fourth-order valence-electron chi connectivity index (χ4n) is 2.23. The lowest BCUT2D eigenvalue weighted by atomic mass is 10.3. The summed E-state index contributed by atoms with van der Waals surface area (Å²) in [7, 11) is 0. The molecule has 0 spiro atoms. The van der Waals surface area contributed by atoms with Crippen LogP contribution >= 0.6 is 11.6 Å². The van der Waals surface area contributed by atoms with E-state index in [-0.39, 0.29) is 6.03 Å². The number of rotatable bonds is 3. The van der Waals surface area contributed by atoms with Crippen LogP contribution in [0.4, 0.5) is 10.5 Å². The van der Waals surface area contributed by atoms with Crippen LogP contribution in [0.1, 0.15) is 13.3 Å². The molecule has 0 aromatic heterocycles. The van der Waals surface area contributed by atoms with E-state index in [0.717, 1.165) is 44.8 Å². The van der Waals surface area contributed by atoms with Crippen molar-refractivity contribution in [3.05, 3.63) is 29.3 Å². The Hall–Kier alpha value is -1.26. The van der Waals surface area contributed by atoms with Gasteiger partial charge in [-0.25, -0.2) is 4.79 Å². The van der Waals surface area contributed by atoms with Gasteiger partial charge in [-0.3, -0.25) is 4.90 Å². The van der Waals surface area contributed by atoms with Crippen LogP contribution in [0.2, 0.25) is 5.02 Å². The Bertz CT molecular complexity index is 413. The van der Waals surface area contributed by atoms with E-state index in [1.807, 2.05) is 17.0 Å². The Morgan fingerprint density at radius 2 is 1.84 bits per heavy atom. The molecule has 0 aliphatic carbocycles. The van der Waals surface area contributed by atoms with Crippen molar-refractivity contribution >= 4 is 23.3 Å². The Labute approximate surface area is 119 Å². The number of nitrogens with zero attached hydrogens (tertiary/aromatic N) is 2. The molecule has 1 aliphatic rings. The molecule has 0 unspecified atom stereocenters. The molecule has 1 aliphatic heterocycles. The smallest absolute Gasteiger partial charge is 0.321 e. The third-order valence-electron chi connectivity index (χ3n) is 3.29. The Morgan fingerprint density at radius 1 is 1.21 bits per heavy atom. The lowest BCUT2D eigenvalue weighted by Gasteiger charge is -2.34. The van der Waals surface area contributed by atoms with E-state index in [0.29, 0.717) is 5.02 Å². The minimum atomic E-state index is -0.0292. The van der Waals surface area contributed by atoms with Crippen LogP contribution in [0.25, 0.3) is 0 Å². The van der Waals surface area contributed by atoms with Crippen molar-refractivity contribution in [2.24, 2.45) is 0 Å². The highest BCUT2D eigenvalue weighted by Crippen LogP contribution is 2.14. The highest BCUT2D eigenvalue weighted by atomic mass is 35.5. The molecule has 1 N–H and O–H groups in total. The zero-order chi connectivity index (χ0) is 13.7. The molecule has 5 heteroatoms. The van der Waals surface area contributed by atoms with E-state index >= 15 is 0 Å². The molecular weight excluding hydrogens is 262 g/mol. The van der Waals surface area contributed by atoms with Crippen LogP contribution in [0, 0.1) is 0 Å². The first-order valence-electron chi connectivity index (χ1n) is 6.73. The quantitative estimate of drug-likeness (QED) is 0.925. The number of hydrogen-bond donors (Lipinski definition) is 1. The SMILES string of the molecule is CCCN1CCN(C(=O)Nc2ccc(Cl)cc2)CC1. The Morgan fingerprint density at radius 3 is 2.42 bits per heavy atom. The molecule has 1 fully saturated rings. The molecule has 2 rings (SSSR count). The van der Waals surface area contributed by atoms with E-state index in [2.05, 4.69) is 17.1 Å². The number of urea groups is 1. The van der Waals surface area contributed by atoms with Gasteiger partial charge in [-0.15, -0.1) is 0 Å². The summed E-state index contributed by atoms with van der Waals surface area (Å²) in [4.78, 5) is 16.3. The molecule has 104 valence electrons. The fourth-order valence-corrected chi connectivity index (χ4v) is 2.35. The number of amides is 2. The highest BCUT2D eigenvalue weighted by molar-refractivity contribution is 6.30. The number of carbonyl (C=O) groups is 1. The third-order valence-corrected chi connectivity index (χ3v) is 3.55. The number of nitrogens with one attached hydrogen (secondary N) is 1. The first kappa shape index (κ1) is 14.2. The lowest BCUT2D eigenvalue weighted by molar-refractivity contribution is 0.147. The van der Waals surface area contributed by atoms with E-state index in [1.54, 1.807) is 12.1 Å². The molecule has 0 radical (unpaired) electrons. The maximum Gasteiger partial charge on any atom is 0.321 e. The van der Waals surface area contributed by atoms with Gasteiger partial charge in [0.05, 0.1) is 0 Å². The van der Waals surface area contributed by atoms with Gasteiger partial charge in [0, 0.05) is 36.9 Å². The second-order valence-electron chi connectivity index (χ2n) is 4.77. The van der Waals surface area contributed by atoms with Crippen LogP contribution in [-0.2, 0) is 0 Å². The summed E-state index contributed by atoms with van der Waals surface area (Å²) in [5, 5.41) is 3.57. The maximum absolute atomic E-state index is 12.1. The minimum Gasteiger partial charge on any atom is -0.322 e. The monoisotopic (exact) mass is 281 g/mol. The van der Waals surface area contributed by atoms with Crippen molar-refractivity contribution in [2.75, 3.05) is 38.0 Å². The first-order valence-corrected chi connectivity index (χ1v) is 7.10. The van der Waals surface area contributed by atoms with Gasteiger partial charge in [0.25, 0.3) is 0 Å². The second kappa shape index (κ2) is 6.78. The molecule has 1 saturated heterocycles. The largest absolute Gasteiger partial charge is 0.322 e. The second-order valence-corrected chi connectivity index (χ2v) is 5.20. The molecule has 0 bridgehead atoms. The molecule has 1 aromatic carbocycles. The summed E-state index contributed by atoms with van der Waals surface area (Å²) in [6.07, 6.45) is 1.16. The number of anilines is 1. The predicted molar refractivity (Wildman–Crippen MR) is 78.8 cm³/mol. The molecule has 1 aromatic rings. The van der Waals surface area contributed by atoms with Crippen molar-refractivity contribution < 1.29 is 4.79 Å². The Kier molecular flexibility index (Phi) is 5.05. The van der Waals surface area contributed by atoms with Crippen LogP contribution in [-0.4, -0.2) is 48.6 Å². The van der Waals surface area contributed by atoms with Gasteiger partial charge in [0.1, 0.15) is 0 Å². The van der Waals surface area contributed by atoms with Gasteiger partial charge >= 0.3 is 6.03 Å². The number of halogens is 1. The molecule has 19 heavy (non-hydrogen) atoms. The summed E-state index contributed by atoms with van der Waals surface area (Å²) < 4.78 is 0. The van der Waals surface area contributed by atoms with E-state index < -0.39 is 0 Å². The molecule has 1 heterocycles. The van der Waals surface area contributed by atoms with Gasteiger partial charge in [-0.1, -0.05) is 18.5 Å². The zero-order valence-corrected chi connectivity index (χ0v) is 12.0. The van der Waals surface area contributed by atoms with E-state index in [9.17, 15) is 4.79 Å². The summed E-state index contributed by atoms with van der Waals surface area (Å²) in [6, 6.07) is 7.15. The summed E-state index contributed by atoms with van der Waals surface area (Å²) in [5.74, 6) is 0. The number of hydrogen-bond acceptors (Lipinski definition) is 2. The average molecular weight is 282 g/mol. The van der Waals surface area contributed by atoms with E-state index in [1.165, 1.54) is 0 Å². The van der Waals surface area contributed by atoms with Crippen molar-refractivity contribution in [1.82, 2.24) is 9.80 Å². The van der Waals surface area contributed by atoms with Crippen molar-refractivity contribution in [3.8, 4) is 0 Å². The van der Waals surface area contributed by atoms with Gasteiger partial charge in [0.2, 0.25) is 0 Å². The normalized spacial score (nSPS) is 16.4. The topological polar surface area (TPSA) is 35.6 Å². The summed E-state index contributed by atoms with van der Waals surface area (Å²) in [5.41, 5.74) is 0.783. The number of piperazine rings is 1. The molecule has 4 nitrogen and oxygen atoms in total. The molecular formula is C14H20ClN3O. The summed E-state index contributed by atoms with van der Waals surface area (Å²) in [6.45, 7) is 6.80. The van der Waals surface area contributed by atoms with Crippen molar-refractivity contribution in [2.45, 2.75) is 13.3 Å². The maximum atomic E-state index is 12.1. The van der Waals surface area contributed by atoms with Gasteiger partial charge in [-0.2, -0.15) is 0 Å². The van der Waals surface area contributed by atoms with Crippen LogP contribution in [0.15, 0.2) is 24.3 Å². The summed E-state index contributed by atoms with van der Waals surface area (Å²) >= 11 is 5.81. The van der Waals surface area contributed by atoms with Gasteiger partial charge in [-0.05, 0) is 37.2 Å². The number of benzene rings is 1. The fraction of sp³-hybridized carbons (Fsp3) is 0.500.